The van der Waals surface area contributed by atoms with Gasteiger partial charge in [-0.05, 0) is 19.1 Å². The van der Waals surface area contributed by atoms with Crippen LogP contribution < -0.4 is 10.5 Å². The quantitative estimate of drug-likeness (QED) is 0.912. The maximum Gasteiger partial charge on any atom is 0.387 e. The molecule has 0 spiro atoms. The molecule has 2 nitrogen and oxygen atoms in total. The zero-order chi connectivity index (χ0) is 10.7. The van der Waals surface area contributed by atoms with Crippen LogP contribution in [0, 0.1) is 0 Å². The molecule has 2 N–H and O–H groups in total. The molecule has 14 heavy (non-hydrogen) atoms. The normalized spacial score (nSPS) is 13.0. The summed E-state index contributed by atoms with van der Waals surface area (Å²) in [5, 5.41) is 0. The Morgan fingerprint density at radius 1 is 1.43 bits per heavy atom. The number of halogens is 3. The number of hydrogen-bond acceptors (Lipinski definition) is 2. The predicted molar refractivity (Wildman–Crippen MR) is 53.4 cm³/mol. The summed E-state index contributed by atoms with van der Waals surface area (Å²) in [6.45, 7) is -1.12. The first-order valence-corrected chi connectivity index (χ1v) is 4.80. The first-order chi connectivity index (χ1) is 6.50. The van der Waals surface area contributed by atoms with Gasteiger partial charge in [0.1, 0.15) is 5.75 Å². The Hall–Kier alpha value is -0.680. The van der Waals surface area contributed by atoms with Gasteiger partial charge >= 0.3 is 6.61 Å². The lowest BCUT2D eigenvalue weighted by Gasteiger charge is -2.13. The summed E-state index contributed by atoms with van der Waals surface area (Å²) in [5.74, 6) is 0.115. The summed E-state index contributed by atoms with van der Waals surface area (Å²) in [4.78, 5) is 0. The Balaban J connectivity index is 3.03. The number of nitrogens with two attached hydrogens (primary N) is 1. The van der Waals surface area contributed by atoms with Crippen molar-refractivity contribution in [1.82, 2.24) is 0 Å². The molecule has 1 rings (SSSR count). The van der Waals surface area contributed by atoms with Crippen LogP contribution >= 0.6 is 15.9 Å². The summed E-state index contributed by atoms with van der Waals surface area (Å²) >= 11 is 3.17. The first kappa shape index (κ1) is 11.4. The van der Waals surface area contributed by atoms with E-state index in [1.807, 2.05) is 0 Å². The lowest BCUT2D eigenvalue weighted by atomic mass is 10.1. The second-order valence-electron chi connectivity index (χ2n) is 2.85. The average molecular weight is 266 g/mol. The number of benzene rings is 1. The molecule has 0 aliphatic rings. The van der Waals surface area contributed by atoms with Gasteiger partial charge in [-0.3, -0.25) is 0 Å². The van der Waals surface area contributed by atoms with Crippen LogP contribution in [0.25, 0.3) is 0 Å². The molecule has 0 saturated carbocycles. The second-order valence-corrected chi connectivity index (χ2v) is 3.77. The predicted octanol–water partition coefficient (Wildman–Crippen LogP) is 3.07. The molecule has 0 bridgehead atoms. The van der Waals surface area contributed by atoms with Crippen molar-refractivity contribution in [2.24, 2.45) is 5.73 Å². The van der Waals surface area contributed by atoms with Crippen LogP contribution in [-0.2, 0) is 0 Å². The van der Waals surface area contributed by atoms with Gasteiger partial charge in [0.15, 0.2) is 0 Å². The summed E-state index contributed by atoms with van der Waals surface area (Å²) in [6, 6.07) is 4.53. The molecular weight excluding hydrogens is 256 g/mol. The molecule has 1 aromatic carbocycles. The van der Waals surface area contributed by atoms with Crippen LogP contribution in [-0.4, -0.2) is 6.61 Å². The third-order valence-electron chi connectivity index (χ3n) is 1.68. The van der Waals surface area contributed by atoms with E-state index in [0.29, 0.717) is 10.0 Å². The molecule has 0 aliphatic heterocycles. The maximum atomic E-state index is 12.0. The van der Waals surface area contributed by atoms with Crippen molar-refractivity contribution in [2.45, 2.75) is 19.6 Å². The largest absolute Gasteiger partial charge is 0.434 e. The third-order valence-corrected chi connectivity index (χ3v) is 2.18. The number of alkyl halides is 2. The molecule has 1 atom stereocenters. The Labute approximate surface area is 89.2 Å². The van der Waals surface area contributed by atoms with E-state index >= 15 is 0 Å². The maximum absolute atomic E-state index is 12.0. The van der Waals surface area contributed by atoms with E-state index in [0.717, 1.165) is 0 Å². The van der Waals surface area contributed by atoms with Crippen LogP contribution in [0.4, 0.5) is 8.78 Å². The Kier molecular flexibility index (Phi) is 3.83. The van der Waals surface area contributed by atoms with Gasteiger partial charge in [0, 0.05) is 16.1 Å². The second kappa shape index (κ2) is 4.70. The number of hydrogen-bond donors (Lipinski definition) is 1. The molecule has 0 radical (unpaired) electrons. The fourth-order valence-corrected chi connectivity index (χ4v) is 1.42. The molecule has 0 heterocycles. The SMILES string of the molecule is C[C@H](N)c1ccc(Br)cc1OC(F)F. The lowest BCUT2D eigenvalue weighted by Crippen LogP contribution is -2.10. The molecule has 0 fully saturated rings. The fourth-order valence-electron chi connectivity index (χ4n) is 1.08. The van der Waals surface area contributed by atoms with Gasteiger partial charge in [0.25, 0.3) is 0 Å². The van der Waals surface area contributed by atoms with E-state index in [1.54, 1.807) is 19.1 Å². The molecule has 1 aromatic rings. The molecular formula is C9H10BrF2NO. The molecule has 5 heteroatoms. The summed E-state index contributed by atoms with van der Waals surface area (Å²) < 4.78 is 29.1. The highest BCUT2D eigenvalue weighted by Crippen LogP contribution is 2.28. The summed E-state index contributed by atoms with van der Waals surface area (Å²) in [6.07, 6.45) is 0. The van der Waals surface area contributed by atoms with Crippen molar-refractivity contribution in [3.8, 4) is 5.75 Å². The topological polar surface area (TPSA) is 35.2 Å². The fraction of sp³-hybridized carbons (Fsp3) is 0.333. The first-order valence-electron chi connectivity index (χ1n) is 4.00. The lowest BCUT2D eigenvalue weighted by molar-refractivity contribution is -0.0506. The van der Waals surface area contributed by atoms with Crippen LogP contribution in [0.5, 0.6) is 5.75 Å². The highest BCUT2D eigenvalue weighted by molar-refractivity contribution is 9.10. The molecule has 0 saturated heterocycles. The highest BCUT2D eigenvalue weighted by atomic mass is 79.9. The van der Waals surface area contributed by atoms with Crippen molar-refractivity contribution in [1.29, 1.82) is 0 Å². The van der Waals surface area contributed by atoms with E-state index in [-0.39, 0.29) is 11.8 Å². The minimum absolute atomic E-state index is 0.115. The minimum atomic E-state index is -2.83. The van der Waals surface area contributed by atoms with Crippen LogP contribution in [0.2, 0.25) is 0 Å². The monoisotopic (exact) mass is 265 g/mol. The summed E-state index contributed by atoms with van der Waals surface area (Å²) in [7, 11) is 0. The van der Waals surface area contributed by atoms with E-state index < -0.39 is 6.61 Å². The number of rotatable bonds is 3. The average Bonchev–Trinajstić information content (AvgIpc) is 2.01. The zero-order valence-corrected chi connectivity index (χ0v) is 9.09. The third kappa shape index (κ3) is 2.92. The van der Waals surface area contributed by atoms with Crippen molar-refractivity contribution in [3.63, 3.8) is 0 Å². The van der Waals surface area contributed by atoms with Gasteiger partial charge in [0.05, 0.1) is 0 Å². The molecule has 0 amide bonds. The Morgan fingerprint density at radius 3 is 2.57 bits per heavy atom. The van der Waals surface area contributed by atoms with Crippen molar-refractivity contribution in [3.05, 3.63) is 28.2 Å². The molecule has 0 unspecified atom stereocenters. The van der Waals surface area contributed by atoms with Crippen molar-refractivity contribution >= 4 is 15.9 Å². The van der Waals surface area contributed by atoms with Gasteiger partial charge in [-0.15, -0.1) is 0 Å². The van der Waals surface area contributed by atoms with Crippen LogP contribution in [0.3, 0.4) is 0 Å². The standard InChI is InChI=1S/C9H10BrF2NO/c1-5(13)7-3-2-6(10)4-8(7)14-9(11)12/h2-5,9H,13H2,1H3/t5-/m0/s1. The van der Waals surface area contributed by atoms with Crippen LogP contribution in [0.1, 0.15) is 18.5 Å². The highest BCUT2D eigenvalue weighted by Gasteiger charge is 2.12. The van der Waals surface area contributed by atoms with Gasteiger partial charge in [-0.1, -0.05) is 22.0 Å². The van der Waals surface area contributed by atoms with Crippen molar-refractivity contribution < 1.29 is 13.5 Å². The van der Waals surface area contributed by atoms with Crippen molar-refractivity contribution in [2.75, 3.05) is 0 Å². The Bertz CT molecular complexity index is 318. The molecule has 78 valence electrons. The minimum Gasteiger partial charge on any atom is -0.434 e. The van der Waals surface area contributed by atoms with E-state index in [9.17, 15) is 8.78 Å². The van der Waals surface area contributed by atoms with Crippen LogP contribution in [0.15, 0.2) is 22.7 Å². The molecule has 0 aliphatic carbocycles. The summed E-state index contributed by atoms with van der Waals surface area (Å²) in [5.41, 5.74) is 6.16. The van der Waals surface area contributed by atoms with E-state index in [4.69, 9.17) is 5.73 Å². The van der Waals surface area contributed by atoms with Gasteiger partial charge in [-0.2, -0.15) is 8.78 Å². The van der Waals surface area contributed by atoms with Gasteiger partial charge in [0.2, 0.25) is 0 Å². The molecule has 0 aromatic heterocycles. The smallest absolute Gasteiger partial charge is 0.387 e. The Morgan fingerprint density at radius 2 is 2.07 bits per heavy atom. The van der Waals surface area contributed by atoms with E-state index in [2.05, 4.69) is 20.7 Å². The van der Waals surface area contributed by atoms with Gasteiger partial charge in [-0.25, -0.2) is 0 Å². The zero-order valence-electron chi connectivity index (χ0n) is 7.51. The van der Waals surface area contributed by atoms with Gasteiger partial charge < -0.3 is 10.5 Å². The van der Waals surface area contributed by atoms with E-state index in [1.165, 1.54) is 6.07 Å². The number of ether oxygens (including phenoxy) is 1.